The molecule has 0 aromatic carbocycles. The van der Waals surface area contributed by atoms with E-state index in [1.165, 1.54) is 11.8 Å². The van der Waals surface area contributed by atoms with E-state index in [2.05, 4.69) is 0 Å². The molecule has 2 amide bonds. The zero-order valence-electron chi connectivity index (χ0n) is 8.86. The average Bonchev–Trinajstić information content (AvgIpc) is 2.16. The first-order valence-electron chi connectivity index (χ1n) is 5.10. The first kappa shape index (κ1) is 11.7. The molecule has 84 valence electrons. The molecule has 0 aromatic rings. The summed E-state index contributed by atoms with van der Waals surface area (Å²) < 4.78 is 0. The molecule has 1 saturated heterocycles. The third-order valence-electron chi connectivity index (χ3n) is 2.55. The molecule has 1 heterocycles. The zero-order chi connectivity index (χ0) is 11.4. The van der Waals surface area contributed by atoms with Gasteiger partial charge < -0.3 is 10.6 Å². The van der Waals surface area contributed by atoms with Crippen molar-refractivity contribution in [2.45, 2.75) is 38.6 Å². The summed E-state index contributed by atoms with van der Waals surface area (Å²) in [5, 5.41) is 0. The van der Waals surface area contributed by atoms with Crippen molar-refractivity contribution in [1.29, 1.82) is 0 Å². The molecular formula is C10H16N2O3. The highest BCUT2D eigenvalue weighted by Gasteiger charge is 2.30. The van der Waals surface area contributed by atoms with Crippen LogP contribution in [-0.4, -0.2) is 35.1 Å². The molecule has 2 N–H and O–H groups in total. The van der Waals surface area contributed by atoms with Gasteiger partial charge in [0.25, 0.3) is 0 Å². The lowest BCUT2D eigenvalue weighted by molar-refractivity contribution is -0.143. The van der Waals surface area contributed by atoms with Crippen LogP contribution in [0.3, 0.4) is 0 Å². The Hall–Kier alpha value is -1.39. The van der Waals surface area contributed by atoms with Crippen LogP contribution >= 0.6 is 0 Å². The highest BCUT2D eigenvalue weighted by atomic mass is 16.2. The van der Waals surface area contributed by atoms with Crippen molar-refractivity contribution in [3.8, 4) is 0 Å². The number of nitrogens with two attached hydrogens (primary N) is 1. The number of hydrogen-bond acceptors (Lipinski definition) is 3. The molecule has 0 aliphatic carbocycles. The van der Waals surface area contributed by atoms with Gasteiger partial charge in [0, 0.05) is 6.54 Å². The Kier molecular flexibility index (Phi) is 3.82. The Bertz CT molecular complexity index is 288. The van der Waals surface area contributed by atoms with Gasteiger partial charge in [0.2, 0.25) is 11.8 Å². The number of nitrogens with zero attached hydrogens (tertiary/aromatic N) is 1. The minimum absolute atomic E-state index is 0.135. The number of likely N-dealkylation sites (tertiary alicyclic amines) is 1. The predicted molar refractivity (Wildman–Crippen MR) is 53.8 cm³/mol. The van der Waals surface area contributed by atoms with Gasteiger partial charge in [0.15, 0.2) is 0 Å². The fraction of sp³-hybridized carbons (Fsp3) is 0.700. The third-order valence-corrected chi connectivity index (χ3v) is 2.55. The first-order valence-corrected chi connectivity index (χ1v) is 5.10. The number of carbonyl (C=O) groups is 3. The molecule has 1 unspecified atom stereocenters. The molecule has 5 heteroatoms. The van der Waals surface area contributed by atoms with Crippen LogP contribution in [0.5, 0.6) is 0 Å². The van der Waals surface area contributed by atoms with E-state index in [9.17, 15) is 14.4 Å². The summed E-state index contributed by atoms with van der Waals surface area (Å²) in [5.41, 5.74) is 5.21. The van der Waals surface area contributed by atoms with E-state index in [1.54, 1.807) is 0 Å². The number of piperidine rings is 1. The monoisotopic (exact) mass is 212 g/mol. The molecule has 1 aliphatic heterocycles. The second-order valence-corrected chi connectivity index (χ2v) is 3.88. The summed E-state index contributed by atoms with van der Waals surface area (Å²) in [5.74, 6) is -0.952. The van der Waals surface area contributed by atoms with Gasteiger partial charge >= 0.3 is 0 Å². The summed E-state index contributed by atoms with van der Waals surface area (Å²) in [6.07, 6.45) is 2.24. The molecule has 1 rings (SSSR count). The van der Waals surface area contributed by atoms with Crippen molar-refractivity contribution in [2.75, 3.05) is 6.54 Å². The van der Waals surface area contributed by atoms with Crippen LogP contribution in [-0.2, 0) is 14.4 Å². The third kappa shape index (κ3) is 3.04. The van der Waals surface area contributed by atoms with E-state index < -0.39 is 11.9 Å². The number of primary amides is 1. The molecule has 0 saturated carbocycles. The van der Waals surface area contributed by atoms with Gasteiger partial charge in [-0.25, -0.2) is 0 Å². The molecule has 1 aliphatic rings. The number of amides is 2. The van der Waals surface area contributed by atoms with E-state index >= 15 is 0 Å². The van der Waals surface area contributed by atoms with Gasteiger partial charge in [-0.15, -0.1) is 0 Å². The Labute approximate surface area is 88.6 Å². The Morgan fingerprint density at radius 1 is 1.33 bits per heavy atom. The van der Waals surface area contributed by atoms with Gasteiger partial charge in [0.1, 0.15) is 11.8 Å². The van der Waals surface area contributed by atoms with Gasteiger partial charge in [-0.1, -0.05) is 0 Å². The van der Waals surface area contributed by atoms with Crippen LogP contribution in [0.4, 0.5) is 0 Å². The van der Waals surface area contributed by atoms with E-state index in [0.717, 1.165) is 12.8 Å². The van der Waals surface area contributed by atoms with Crippen LogP contribution in [0.25, 0.3) is 0 Å². The topological polar surface area (TPSA) is 80.5 Å². The number of rotatable bonds is 3. The normalized spacial score (nSPS) is 21.1. The molecule has 0 radical (unpaired) electrons. The van der Waals surface area contributed by atoms with Crippen molar-refractivity contribution in [3.05, 3.63) is 0 Å². The minimum atomic E-state index is -0.523. The van der Waals surface area contributed by atoms with Gasteiger partial charge in [-0.2, -0.15) is 0 Å². The average molecular weight is 212 g/mol. The predicted octanol–water partition coefficient (Wildman–Crippen LogP) is -0.168. The van der Waals surface area contributed by atoms with E-state index in [1.807, 2.05) is 0 Å². The van der Waals surface area contributed by atoms with Crippen LogP contribution in [0.15, 0.2) is 0 Å². The largest absolute Gasteiger partial charge is 0.368 e. The second-order valence-electron chi connectivity index (χ2n) is 3.88. The number of Topliss-reactive ketones (excluding diaryl/α,β-unsaturated/α-hetero) is 1. The molecular weight excluding hydrogens is 196 g/mol. The molecule has 1 fully saturated rings. The molecule has 0 bridgehead atoms. The van der Waals surface area contributed by atoms with Gasteiger partial charge in [-0.05, 0) is 26.2 Å². The SMILES string of the molecule is CC(=O)CC(=O)N1CCCCC1C(N)=O. The molecule has 0 aromatic heterocycles. The van der Waals surface area contributed by atoms with Crippen molar-refractivity contribution < 1.29 is 14.4 Å². The summed E-state index contributed by atoms with van der Waals surface area (Å²) >= 11 is 0. The van der Waals surface area contributed by atoms with Crippen LogP contribution in [0.1, 0.15) is 32.6 Å². The maximum absolute atomic E-state index is 11.6. The maximum Gasteiger partial charge on any atom is 0.240 e. The highest BCUT2D eigenvalue weighted by molar-refractivity contribution is 5.98. The number of hydrogen-bond donors (Lipinski definition) is 1. The first-order chi connectivity index (χ1) is 7.02. The fourth-order valence-electron chi connectivity index (χ4n) is 1.84. The van der Waals surface area contributed by atoms with Crippen molar-refractivity contribution in [2.24, 2.45) is 5.73 Å². The van der Waals surface area contributed by atoms with Gasteiger partial charge in [0.05, 0.1) is 6.42 Å². The molecule has 15 heavy (non-hydrogen) atoms. The fourth-order valence-corrected chi connectivity index (χ4v) is 1.84. The maximum atomic E-state index is 11.6. The molecule has 1 atom stereocenters. The number of ketones is 1. The van der Waals surface area contributed by atoms with Crippen molar-refractivity contribution in [1.82, 2.24) is 4.90 Å². The summed E-state index contributed by atoms with van der Waals surface area (Å²) in [7, 11) is 0. The van der Waals surface area contributed by atoms with Crippen LogP contribution < -0.4 is 5.73 Å². The second kappa shape index (κ2) is 4.91. The van der Waals surface area contributed by atoms with Gasteiger partial charge in [-0.3, -0.25) is 14.4 Å². The Balaban J connectivity index is 2.67. The Morgan fingerprint density at radius 3 is 2.53 bits per heavy atom. The standard InChI is InChI=1S/C10H16N2O3/c1-7(13)6-9(14)12-5-3-2-4-8(12)10(11)15/h8H,2-6H2,1H3,(H2,11,15). The summed E-state index contributed by atoms with van der Waals surface area (Å²) in [4.78, 5) is 35.0. The smallest absolute Gasteiger partial charge is 0.240 e. The van der Waals surface area contributed by atoms with Crippen LogP contribution in [0, 0.1) is 0 Å². The van der Waals surface area contributed by atoms with Crippen LogP contribution in [0.2, 0.25) is 0 Å². The lowest BCUT2D eigenvalue weighted by atomic mass is 10.0. The zero-order valence-corrected chi connectivity index (χ0v) is 8.86. The summed E-state index contributed by atoms with van der Waals surface area (Å²) in [6.45, 7) is 1.89. The summed E-state index contributed by atoms with van der Waals surface area (Å²) in [6, 6.07) is -0.523. The highest BCUT2D eigenvalue weighted by Crippen LogP contribution is 2.17. The Morgan fingerprint density at radius 2 is 2.00 bits per heavy atom. The van der Waals surface area contributed by atoms with Crippen molar-refractivity contribution in [3.63, 3.8) is 0 Å². The molecule has 0 spiro atoms. The number of carbonyl (C=O) groups excluding carboxylic acids is 3. The van der Waals surface area contributed by atoms with E-state index in [4.69, 9.17) is 5.73 Å². The quantitative estimate of drug-likeness (QED) is 0.659. The lowest BCUT2D eigenvalue weighted by Crippen LogP contribution is -2.50. The minimum Gasteiger partial charge on any atom is -0.368 e. The molecule has 5 nitrogen and oxygen atoms in total. The van der Waals surface area contributed by atoms with E-state index in [0.29, 0.717) is 13.0 Å². The van der Waals surface area contributed by atoms with Crippen molar-refractivity contribution >= 4 is 17.6 Å². The lowest BCUT2D eigenvalue weighted by Gasteiger charge is -2.33. The van der Waals surface area contributed by atoms with E-state index in [-0.39, 0.29) is 18.1 Å².